The molecule has 72 heavy (non-hydrogen) atoms. The van der Waals surface area contributed by atoms with Gasteiger partial charge in [0.05, 0.1) is 24.1 Å². The third kappa shape index (κ3) is 38.4. The van der Waals surface area contributed by atoms with Crippen molar-refractivity contribution in [2.24, 2.45) is 5.11 Å². The number of hydrogen-bond donors (Lipinski definition) is 5. The highest BCUT2D eigenvalue weighted by Crippen LogP contribution is 2.16. The number of rotatable bonds is 37. The van der Waals surface area contributed by atoms with E-state index in [0.717, 1.165) is 107 Å². The minimum atomic E-state index is -0.552. The Balaban J connectivity index is 0.00000110. The van der Waals surface area contributed by atoms with Crippen LogP contribution in [0.25, 0.3) is 10.4 Å². The first-order chi connectivity index (χ1) is 34.3. The van der Waals surface area contributed by atoms with Crippen LogP contribution in [0.15, 0.2) is 23.7 Å². The van der Waals surface area contributed by atoms with Gasteiger partial charge in [-0.25, -0.2) is 19.3 Å². The molecule has 0 saturated carbocycles. The second kappa shape index (κ2) is 44.4. The molecule has 408 valence electrons. The van der Waals surface area contributed by atoms with E-state index >= 15 is 0 Å². The quantitative estimate of drug-likeness (QED) is 0.0120. The molecular weight excluding hydrogens is 932 g/mol. The van der Waals surface area contributed by atoms with Gasteiger partial charge in [0.15, 0.2) is 5.95 Å². The standard InChI is InChI=1S/C24H43N7O.C15H23N3O2.C14H28N4O.ClH/c1-2-3-4-5-6-7-8-9-13-16-23(32)26-17-18-31-20-22(29-30-31)15-12-10-11-14-21-19-27-24(25)28-21;1-5-6-7-8-9-10-12-11-18(13(16)17-12)14(19)20-15(2,3)4;1-2-3-4-5-6-7-8-9-10-11-14(19)16-12-13-17-18-15;/h19-20H,2-18H2,1H3,(H,26,32)(H3,25,27,28);1,11H,6-10H2,2-4H3,(H2,16,17);2-13H2,1H3,(H,16,19);1H. The lowest BCUT2D eigenvalue weighted by atomic mass is 10.1. The molecule has 0 saturated heterocycles. The molecule has 19 heteroatoms. The number of H-pyrrole nitrogens is 1. The highest BCUT2D eigenvalue weighted by atomic mass is 35.5. The number of carbonyl (C=O) groups excluding carboxylic acids is 3. The van der Waals surface area contributed by atoms with Gasteiger partial charge in [-0.1, -0.05) is 140 Å². The van der Waals surface area contributed by atoms with E-state index < -0.39 is 11.7 Å². The zero-order chi connectivity index (χ0) is 52.2. The lowest BCUT2D eigenvalue weighted by Gasteiger charge is -2.19. The Kier molecular flexibility index (Phi) is 41.2. The van der Waals surface area contributed by atoms with Gasteiger partial charge in [-0.2, -0.15) is 0 Å². The molecule has 3 aromatic rings. The van der Waals surface area contributed by atoms with Crippen molar-refractivity contribution in [1.82, 2.24) is 45.1 Å². The van der Waals surface area contributed by atoms with Crippen molar-refractivity contribution >= 4 is 42.2 Å². The molecular formula is C53H95ClN14O4. The van der Waals surface area contributed by atoms with Gasteiger partial charge in [-0.15, -0.1) is 29.8 Å². The second-order valence-corrected chi connectivity index (χ2v) is 19.3. The predicted molar refractivity (Wildman–Crippen MR) is 295 cm³/mol. The van der Waals surface area contributed by atoms with Crippen LogP contribution in [0.1, 0.15) is 225 Å². The number of halogens is 1. The average molecular weight is 1030 g/mol. The van der Waals surface area contributed by atoms with Gasteiger partial charge in [-0.05, 0) is 84.1 Å². The fourth-order valence-electron chi connectivity index (χ4n) is 7.57. The van der Waals surface area contributed by atoms with Crippen molar-refractivity contribution in [3.8, 4) is 12.3 Å². The van der Waals surface area contributed by atoms with Gasteiger partial charge in [0.25, 0.3) is 0 Å². The van der Waals surface area contributed by atoms with Gasteiger partial charge < -0.3 is 31.8 Å². The maximum atomic E-state index is 12.0. The topological polar surface area (TPSA) is 263 Å². The maximum absolute atomic E-state index is 12.0. The molecule has 3 heterocycles. The van der Waals surface area contributed by atoms with Crippen molar-refractivity contribution in [3.05, 3.63) is 46.1 Å². The Morgan fingerprint density at radius 3 is 1.79 bits per heavy atom. The highest BCUT2D eigenvalue weighted by molar-refractivity contribution is 5.85. The fraction of sp³-hybridized carbons (Fsp3) is 0.755. The van der Waals surface area contributed by atoms with Gasteiger partial charge >= 0.3 is 6.09 Å². The summed E-state index contributed by atoms with van der Waals surface area (Å²) in [6.07, 6.45) is 43.9. The third-order valence-electron chi connectivity index (χ3n) is 11.5. The van der Waals surface area contributed by atoms with Crippen LogP contribution in [0.5, 0.6) is 0 Å². The van der Waals surface area contributed by atoms with Crippen LogP contribution >= 0.6 is 12.4 Å². The lowest BCUT2D eigenvalue weighted by Crippen LogP contribution is -2.27. The summed E-state index contributed by atoms with van der Waals surface area (Å²) < 4.78 is 8.33. The molecule has 3 rings (SSSR count). The Labute approximate surface area is 439 Å². The molecule has 18 nitrogen and oxygen atoms in total. The molecule has 0 aliphatic heterocycles. The number of carbonyl (C=O) groups is 3. The van der Waals surface area contributed by atoms with Crippen molar-refractivity contribution in [2.45, 2.75) is 239 Å². The van der Waals surface area contributed by atoms with E-state index in [1.807, 2.05) is 31.6 Å². The molecule has 0 fully saturated rings. The van der Waals surface area contributed by atoms with E-state index in [2.05, 4.69) is 65.7 Å². The van der Waals surface area contributed by atoms with Crippen LogP contribution in [0, 0.1) is 12.3 Å². The Morgan fingerprint density at radius 2 is 1.26 bits per heavy atom. The Morgan fingerprint density at radius 1 is 0.750 bits per heavy atom. The van der Waals surface area contributed by atoms with Crippen LogP contribution in [0.2, 0.25) is 0 Å². The molecule has 0 aliphatic rings. The first-order valence-electron chi connectivity index (χ1n) is 27.0. The highest BCUT2D eigenvalue weighted by Gasteiger charge is 2.20. The number of nitrogen functional groups attached to an aromatic ring is 2. The summed E-state index contributed by atoms with van der Waals surface area (Å²) in [6, 6.07) is 0. The van der Waals surface area contributed by atoms with Crippen LogP contribution < -0.4 is 22.1 Å². The molecule has 0 radical (unpaired) electrons. The van der Waals surface area contributed by atoms with Crippen LogP contribution in [-0.4, -0.2) is 77.7 Å². The van der Waals surface area contributed by atoms with Crippen LogP contribution in [-0.2, 0) is 40.1 Å². The fourth-order valence-corrected chi connectivity index (χ4v) is 7.57. The number of aromatic nitrogens is 7. The van der Waals surface area contributed by atoms with E-state index in [0.29, 0.717) is 45.0 Å². The summed E-state index contributed by atoms with van der Waals surface area (Å²) in [5, 5.41) is 17.5. The number of unbranched alkanes of at least 4 members (excludes halogenated alkanes) is 21. The molecule has 2 amide bonds. The summed E-state index contributed by atoms with van der Waals surface area (Å²) in [5.74, 6) is 3.47. The number of nitrogens with two attached hydrogens (primary N) is 2. The van der Waals surface area contributed by atoms with Crippen LogP contribution in [0.3, 0.4) is 0 Å². The molecule has 7 N–H and O–H groups in total. The molecule has 0 aromatic carbocycles. The molecule has 0 spiro atoms. The minimum absolute atomic E-state index is 0. The van der Waals surface area contributed by atoms with Gasteiger partial charge in [0.2, 0.25) is 17.8 Å². The number of amides is 2. The SMILES string of the molecule is C#CCCCCCc1cn(C(=O)OC(C)(C)C)c(N)n1.CCCCCCCCCCCC(=O)NCCN=[N+]=[N-].CCCCCCCCCCCC(=O)NCCn1cc(CCCCCc2cnc(N)[nH]2)nn1.Cl. The molecule has 0 unspecified atom stereocenters. The summed E-state index contributed by atoms with van der Waals surface area (Å²) in [5.41, 5.74) is 21.7. The number of aromatic amines is 1. The van der Waals surface area contributed by atoms with Crippen molar-refractivity contribution in [3.63, 3.8) is 0 Å². The van der Waals surface area contributed by atoms with Crippen molar-refractivity contribution in [1.29, 1.82) is 0 Å². The number of ether oxygens (including phenoxy) is 1. The number of nitrogens with one attached hydrogen (secondary N) is 3. The number of anilines is 2. The van der Waals surface area contributed by atoms with Gasteiger partial charge in [0, 0.05) is 61.9 Å². The lowest BCUT2D eigenvalue weighted by molar-refractivity contribution is -0.122. The predicted octanol–water partition coefficient (Wildman–Crippen LogP) is 12.3. The molecule has 0 atom stereocenters. The molecule has 0 bridgehead atoms. The summed E-state index contributed by atoms with van der Waals surface area (Å²) in [4.78, 5) is 49.1. The Bertz CT molecular complexity index is 1910. The van der Waals surface area contributed by atoms with E-state index in [9.17, 15) is 14.4 Å². The minimum Gasteiger partial charge on any atom is -0.443 e. The summed E-state index contributed by atoms with van der Waals surface area (Å²) in [6.45, 7) is 12.0. The van der Waals surface area contributed by atoms with E-state index in [-0.39, 0.29) is 30.2 Å². The zero-order valence-electron chi connectivity index (χ0n) is 45.1. The average Bonchev–Trinajstić information content (AvgIpc) is 4.08. The number of terminal acetylenes is 1. The number of hydrogen-bond acceptors (Lipinski definition) is 11. The van der Waals surface area contributed by atoms with E-state index in [4.69, 9.17) is 28.2 Å². The number of aryl methyl sites for hydroxylation is 3. The first kappa shape index (κ1) is 66.7. The number of imidazole rings is 2. The van der Waals surface area contributed by atoms with E-state index in [1.54, 1.807) is 12.4 Å². The normalized spacial score (nSPS) is 10.7. The molecule has 3 aromatic heterocycles. The number of azide groups is 1. The smallest absolute Gasteiger partial charge is 0.421 e. The van der Waals surface area contributed by atoms with Crippen LogP contribution in [0.4, 0.5) is 16.7 Å². The molecule has 0 aliphatic carbocycles. The van der Waals surface area contributed by atoms with Gasteiger partial charge in [-0.3, -0.25) is 14.3 Å². The van der Waals surface area contributed by atoms with Crippen molar-refractivity contribution in [2.75, 3.05) is 31.1 Å². The zero-order valence-corrected chi connectivity index (χ0v) is 45.9. The maximum Gasteiger partial charge on any atom is 0.421 e. The largest absolute Gasteiger partial charge is 0.443 e. The van der Waals surface area contributed by atoms with Crippen molar-refractivity contribution < 1.29 is 19.1 Å². The first-order valence-corrected chi connectivity index (χ1v) is 27.0. The summed E-state index contributed by atoms with van der Waals surface area (Å²) in [7, 11) is 0. The number of nitrogens with zero attached hydrogens (tertiary/aromatic N) is 9. The van der Waals surface area contributed by atoms with Gasteiger partial charge in [0.1, 0.15) is 5.60 Å². The summed E-state index contributed by atoms with van der Waals surface area (Å²) >= 11 is 0. The second-order valence-electron chi connectivity index (χ2n) is 19.3. The van der Waals surface area contributed by atoms with E-state index in [1.165, 1.54) is 94.5 Å². The monoisotopic (exact) mass is 1030 g/mol. The Hall–Kier alpha value is -5.27. The third-order valence-corrected chi connectivity index (χ3v) is 11.5.